The van der Waals surface area contributed by atoms with Crippen LogP contribution in [0.15, 0.2) is 57.7 Å². The second-order valence-electron chi connectivity index (χ2n) is 5.88. The SMILES string of the molecule is CCc1cc(=O)oc2cc(OCC(=O)Nc3ccc(C(N)=O)cc3)ccc12. The molecule has 0 bridgehead atoms. The van der Waals surface area contributed by atoms with Crippen molar-refractivity contribution in [1.82, 2.24) is 0 Å². The first-order valence-corrected chi connectivity index (χ1v) is 8.35. The number of carbonyl (C=O) groups is 2. The van der Waals surface area contributed by atoms with Crippen molar-refractivity contribution < 1.29 is 18.7 Å². The summed E-state index contributed by atoms with van der Waals surface area (Å²) in [5.74, 6) is -0.491. The highest BCUT2D eigenvalue weighted by atomic mass is 16.5. The molecular weight excluding hydrogens is 348 g/mol. The van der Waals surface area contributed by atoms with E-state index < -0.39 is 11.5 Å². The lowest BCUT2D eigenvalue weighted by atomic mass is 10.1. The van der Waals surface area contributed by atoms with Gasteiger partial charge in [0.05, 0.1) is 0 Å². The van der Waals surface area contributed by atoms with Gasteiger partial charge in [-0.15, -0.1) is 0 Å². The van der Waals surface area contributed by atoms with Gasteiger partial charge in [-0.2, -0.15) is 0 Å². The Labute approximate surface area is 154 Å². The van der Waals surface area contributed by atoms with E-state index in [1.807, 2.05) is 6.92 Å². The molecule has 0 radical (unpaired) electrons. The molecule has 0 aliphatic rings. The average molecular weight is 366 g/mol. The maximum absolute atomic E-state index is 12.0. The lowest BCUT2D eigenvalue weighted by Crippen LogP contribution is -2.20. The van der Waals surface area contributed by atoms with Crippen molar-refractivity contribution in [2.45, 2.75) is 13.3 Å². The maximum Gasteiger partial charge on any atom is 0.336 e. The van der Waals surface area contributed by atoms with Gasteiger partial charge in [0.25, 0.3) is 5.91 Å². The van der Waals surface area contributed by atoms with Crippen LogP contribution in [-0.4, -0.2) is 18.4 Å². The molecule has 0 aliphatic carbocycles. The number of rotatable bonds is 6. The first-order chi connectivity index (χ1) is 13.0. The second kappa shape index (κ2) is 7.74. The molecular formula is C20H18N2O5. The van der Waals surface area contributed by atoms with Crippen LogP contribution in [0.5, 0.6) is 5.75 Å². The maximum atomic E-state index is 12.0. The first kappa shape index (κ1) is 18.2. The lowest BCUT2D eigenvalue weighted by Gasteiger charge is -2.09. The van der Waals surface area contributed by atoms with Crippen molar-refractivity contribution in [3.63, 3.8) is 0 Å². The van der Waals surface area contributed by atoms with Crippen molar-refractivity contribution in [1.29, 1.82) is 0 Å². The summed E-state index contributed by atoms with van der Waals surface area (Å²) in [6.45, 7) is 1.74. The molecule has 7 nitrogen and oxygen atoms in total. The third-order valence-electron chi connectivity index (χ3n) is 4.01. The highest BCUT2D eigenvalue weighted by molar-refractivity contribution is 5.95. The fourth-order valence-corrected chi connectivity index (χ4v) is 2.66. The number of hydrogen-bond acceptors (Lipinski definition) is 5. The quantitative estimate of drug-likeness (QED) is 0.651. The van der Waals surface area contributed by atoms with Gasteiger partial charge in [0.2, 0.25) is 5.91 Å². The Bertz CT molecular complexity index is 1050. The molecule has 0 saturated carbocycles. The summed E-state index contributed by atoms with van der Waals surface area (Å²) in [6, 6.07) is 12.8. The van der Waals surface area contributed by atoms with E-state index >= 15 is 0 Å². The zero-order valence-electron chi connectivity index (χ0n) is 14.7. The number of aryl methyl sites for hydroxylation is 1. The van der Waals surface area contributed by atoms with Crippen LogP contribution in [0.25, 0.3) is 11.0 Å². The number of hydrogen-bond donors (Lipinski definition) is 2. The number of nitrogens with one attached hydrogen (secondary N) is 1. The largest absolute Gasteiger partial charge is 0.484 e. The minimum atomic E-state index is -0.537. The molecule has 3 aromatic rings. The zero-order chi connectivity index (χ0) is 19.4. The second-order valence-corrected chi connectivity index (χ2v) is 5.88. The van der Waals surface area contributed by atoms with Crippen LogP contribution in [0.4, 0.5) is 5.69 Å². The summed E-state index contributed by atoms with van der Waals surface area (Å²) in [5, 5.41) is 3.49. The molecule has 0 atom stereocenters. The molecule has 138 valence electrons. The van der Waals surface area contributed by atoms with Crippen LogP contribution in [0.2, 0.25) is 0 Å². The summed E-state index contributed by atoms with van der Waals surface area (Å²) >= 11 is 0. The van der Waals surface area contributed by atoms with Crippen molar-refractivity contribution in [2.24, 2.45) is 5.73 Å². The third-order valence-corrected chi connectivity index (χ3v) is 4.01. The smallest absolute Gasteiger partial charge is 0.336 e. The Morgan fingerprint density at radius 1 is 1.11 bits per heavy atom. The van der Waals surface area contributed by atoms with Crippen LogP contribution in [0.3, 0.4) is 0 Å². The minimum Gasteiger partial charge on any atom is -0.484 e. The van der Waals surface area contributed by atoms with Gasteiger partial charge >= 0.3 is 5.63 Å². The van der Waals surface area contributed by atoms with E-state index in [-0.39, 0.29) is 12.5 Å². The Morgan fingerprint density at radius 2 is 1.85 bits per heavy atom. The Balaban J connectivity index is 1.66. The van der Waals surface area contributed by atoms with Crippen molar-refractivity contribution in [3.05, 3.63) is 70.1 Å². The van der Waals surface area contributed by atoms with Crippen molar-refractivity contribution in [3.8, 4) is 5.75 Å². The molecule has 1 heterocycles. The van der Waals surface area contributed by atoms with Gasteiger partial charge < -0.3 is 20.2 Å². The number of amides is 2. The molecule has 0 aliphatic heterocycles. The topological polar surface area (TPSA) is 112 Å². The molecule has 3 N–H and O–H groups in total. The summed E-state index contributed by atoms with van der Waals surface area (Å²) in [4.78, 5) is 34.7. The summed E-state index contributed by atoms with van der Waals surface area (Å²) < 4.78 is 10.7. The van der Waals surface area contributed by atoms with Crippen LogP contribution >= 0.6 is 0 Å². The van der Waals surface area contributed by atoms with Crippen molar-refractivity contribution in [2.75, 3.05) is 11.9 Å². The normalized spacial score (nSPS) is 10.6. The fourth-order valence-electron chi connectivity index (χ4n) is 2.66. The van der Waals surface area contributed by atoms with E-state index in [4.69, 9.17) is 14.9 Å². The summed E-state index contributed by atoms with van der Waals surface area (Å²) in [5.41, 5.74) is 6.93. The van der Waals surface area contributed by atoms with E-state index in [2.05, 4.69) is 5.32 Å². The fraction of sp³-hybridized carbons (Fsp3) is 0.150. The number of carbonyl (C=O) groups excluding carboxylic acids is 2. The molecule has 0 saturated heterocycles. The summed E-state index contributed by atoms with van der Waals surface area (Å²) in [7, 11) is 0. The van der Waals surface area contributed by atoms with E-state index in [0.717, 1.165) is 10.9 Å². The van der Waals surface area contributed by atoms with E-state index in [1.165, 1.54) is 18.2 Å². The number of nitrogens with two attached hydrogens (primary N) is 1. The third kappa shape index (κ3) is 4.33. The number of ether oxygens (including phenoxy) is 1. The molecule has 1 aromatic heterocycles. The molecule has 27 heavy (non-hydrogen) atoms. The van der Waals surface area contributed by atoms with E-state index in [1.54, 1.807) is 30.3 Å². The molecule has 3 rings (SSSR count). The number of anilines is 1. The van der Waals surface area contributed by atoms with Crippen LogP contribution in [-0.2, 0) is 11.2 Å². The average Bonchev–Trinajstić information content (AvgIpc) is 2.65. The van der Waals surface area contributed by atoms with Gasteiger partial charge in [0, 0.05) is 28.8 Å². The van der Waals surface area contributed by atoms with Gasteiger partial charge in [0.15, 0.2) is 6.61 Å². The van der Waals surface area contributed by atoms with Crippen LogP contribution in [0, 0.1) is 0 Å². The predicted octanol–water partition coefficient (Wildman–Crippen LogP) is 2.47. The molecule has 2 amide bonds. The number of fused-ring (bicyclic) bond motifs is 1. The highest BCUT2D eigenvalue weighted by Crippen LogP contribution is 2.23. The number of primary amides is 1. The van der Waals surface area contributed by atoms with E-state index in [9.17, 15) is 14.4 Å². The highest BCUT2D eigenvalue weighted by Gasteiger charge is 2.08. The molecule has 0 fully saturated rings. The Hall–Kier alpha value is -3.61. The molecule has 0 unspecified atom stereocenters. The van der Waals surface area contributed by atoms with Crippen LogP contribution in [0.1, 0.15) is 22.8 Å². The Kier molecular flexibility index (Phi) is 5.21. The van der Waals surface area contributed by atoms with E-state index in [0.29, 0.717) is 29.0 Å². The zero-order valence-corrected chi connectivity index (χ0v) is 14.7. The van der Waals surface area contributed by atoms with Gasteiger partial charge in [-0.1, -0.05) is 6.92 Å². The predicted molar refractivity (Wildman–Crippen MR) is 101 cm³/mol. The number of benzene rings is 2. The van der Waals surface area contributed by atoms with Gasteiger partial charge in [-0.3, -0.25) is 9.59 Å². The minimum absolute atomic E-state index is 0.221. The molecule has 7 heteroatoms. The van der Waals surface area contributed by atoms with Crippen LogP contribution < -0.4 is 21.4 Å². The Morgan fingerprint density at radius 3 is 2.52 bits per heavy atom. The monoisotopic (exact) mass is 366 g/mol. The standard InChI is InChI=1S/C20H18N2O5/c1-2-12-9-19(24)27-17-10-15(7-8-16(12)17)26-11-18(23)22-14-5-3-13(4-6-14)20(21)25/h3-10H,2,11H2,1H3,(H2,21,25)(H,22,23). The molecule has 0 spiro atoms. The molecule has 2 aromatic carbocycles. The first-order valence-electron chi connectivity index (χ1n) is 8.35. The summed E-state index contributed by atoms with van der Waals surface area (Å²) in [6.07, 6.45) is 0.708. The van der Waals surface area contributed by atoms with Gasteiger partial charge in [0.1, 0.15) is 11.3 Å². The van der Waals surface area contributed by atoms with Crippen molar-refractivity contribution >= 4 is 28.5 Å². The van der Waals surface area contributed by atoms with Gasteiger partial charge in [-0.05, 0) is 48.4 Å². The lowest BCUT2D eigenvalue weighted by molar-refractivity contribution is -0.118. The van der Waals surface area contributed by atoms with Gasteiger partial charge in [-0.25, -0.2) is 4.79 Å².